The molecule has 15 heteroatoms. The summed E-state index contributed by atoms with van der Waals surface area (Å²) in [6.45, 7) is 1.90. The number of aryl methyl sites for hydroxylation is 1. The topological polar surface area (TPSA) is 224 Å². The summed E-state index contributed by atoms with van der Waals surface area (Å²) in [6, 6.07) is 7.13. The number of aromatic nitrogens is 2. The average Bonchev–Trinajstić information content (AvgIpc) is 2.95. The maximum atomic E-state index is 15.4. The number of hydrogen-bond donors (Lipinski definition) is 5. The molecule has 0 saturated heterocycles. The van der Waals surface area contributed by atoms with Gasteiger partial charge in [0.2, 0.25) is 0 Å². The van der Waals surface area contributed by atoms with Crippen LogP contribution in [0, 0.1) is 12.7 Å². The Hall–Kier alpha value is -5.18. The van der Waals surface area contributed by atoms with Gasteiger partial charge >= 0.3 is 17.9 Å². The number of Topliss-reactive ketones (excluding diaryl/α,β-unsaturated/α-hetero) is 1. The molecule has 14 nitrogen and oxygen atoms in total. The summed E-state index contributed by atoms with van der Waals surface area (Å²) in [5, 5.41) is 28.7. The summed E-state index contributed by atoms with van der Waals surface area (Å²) in [6.07, 6.45) is -2.86. The standard InChI is InChI=1S/C29H32FN5O9/c1-15-32-22-8-4-16(12-19(22)25(39)33-15)14-34(2)17-5-6-18(20(30)13-17)26(40)35(3)29(28(43)44,11-10-24(37)38)23(36)9-7-21(31)27(41)42/h4-6,8,12-13,21H,7,9-11,14,31H2,1-3H3,(H,37,38)(H,41,42)(H,43,44)(H,32,33,39)/t21-,29+/m0/s1. The molecule has 0 radical (unpaired) electrons. The molecule has 2 aromatic carbocycles. The number of anilines is 1. The van der Waals surface area contributed by atoms with Crippen LogP contribution in [0.5, 0.6) is 0 Å². The lowest BCUT2D eigenvalue weighted by Gasteiger charge is -2.37. The number of carboxylic acids is 3. The van der Waals surface area contributed by atoms with Crippen molar-refractivity contribution in [1.82, 2.24) is 14.9 Å². The second-order valence-corrected chi connectivity index (χ2v) is 10.4. The van der Waals surface area contributed by atoms with Gasteiger partial charge in [0.05, 0.1) is 16.5 Å². The van der Waals surface area contributed by atoms with Crippen molar-refractivity contribution in [3.05, 3.63) is 69.5 Å². The molecule has 3 rings (SSSR count). The van der Waals surface area contributed by atoms with Crippen LogP contribution in [0.2, 0.25) is 0 Å². The van der Waals surface area contributed by atoms with Crippen molar-refractivity contribution in [3.8, 4) is 0 Å². The van der Waals surface area contributed by atoms with Gasteiger partial charge in [-0.2, -0.15) is 0 Å². The Balaban J connectivity index is 1.89. The molecule has 0 aliphatic heterocycles. The Morgan fingerprint density at radius 2 is 1.73 bits per heavy atom. The molecular formula is C29H32FN5O9. The predicted molar refractivity (Wildman–Crippen MR) is 155 cm³/mol. The van der Waals surface area contributed by atoms with Gasteiger partial charge in [-0.25, -0.2) is 14.2 Å². The van der Waals surface area contributed by atoms with E-state index in [1.165, 1.54) is 6.07 Å². The molecular weight excluding hydrogens is 581 g/mol. The highest BCUT2D eigenvalue weighted by molar-refractivity contribution is 6.12. The molecule has 3 aromatic rings. The number of halogens is 1. The van der Waals surface area contributed by atoms with Gasteiger partial charge in [0, 0.05) is 39.2 Å². The second kappa shape index (κ2) is 13.4. The van der Waals surface area contributed by atoms with E-state index in [1.807, 2.05) is 0 Å². The first-order valence-corrected chi connectivity index (χ1v) is 13.3. The molecule has 0 spiro atoms. The molecule has 1 aromatic heterocycles. The molecule has 0 unspecified atom stereocenters. The smallest absolute Gasteiger partial charge is 0.337 e. The number of H-pyrrole nitrogens is 1. The maximum Gasteiger partial charge on any atom is 0.337 e. The van der Waals surface area contributed by atoms with Crippen LogP contribution in [0.4, 0.5) is 10.1 Å². The summed E-state index contributed by atoms with van der Waals surface area (Å²) in [5.41, 5.74) is 3.35. The number of carboxylic acid groups (broad SMARTS) is 3. The summed E-state index contributed by atoms with van der Waals surface area (Å²) in [7, 11) is 2.58. The van der Waals surface area contributed by atoms with Gasteiger partial charge in [-0.05, 0) is 55.7 Å². The summed E-state index contributed by atoms with van der Waals surface area (Å²) in [5.74, 6) is -7.70. The third-order valence-electron chi connectivity index (χ3n) is 7.32. The number of rotatable bonds is 14. The first-order chi connectivity index (χ1) is 20.6. The fraction of sp³-hybridized carbons (Fsp3) is 0.345. The Morgan fingerprint density at radius 3 is 2.32 bits per heavy atom. The van der Waals surface area contributed by atoms with Crippen molar-refractivity contribution in [2.24, 2.45) is 5.73 Å². The number of nitrogens with zero attached hydrogens (tertiary/aromatic N) is 3. The molecule has 2 atom stereocenters. The van der Waals surface area contributed by atoms with E-state index < -0.39 is 78.2 Å². The zero-order chi connectivity index (χ0) is 32.9. The number of carbonyl (C=O) groups excluding carboxylic acids is 2. The monoisotopic (exact) mass is 613 g/mol. The van der Waals surface area contributed by atoms with Gasteiger partial charge in [-0.15, -0.1) is 0 Å². The number of nitrogens with two attached hydrogens (primary N) is 1. The van der Waals surface area contributed by atoms with E-state index in [9.17, 15) is 39.0 Å². The third-order valence-corrected chi connectivity index (χ3v) is 7.32. The zero-order valence-electron chi connectivity index (χ0n) is 24.2. The number of fused-ring (bicyclic) bond motifs is 1. The van der Waals surface area contributed by atoms with E-state index in [-0.39, 0.29) is 12.1 Å². The first-order valence-electron chi connectivity index (χ1n) is 13.3. The molecule has 0 aliphatic carbocycles. The van der Waals surface area contributed by atoms with Gasteiger partial charge in [0.25, 0.3) is 11.5 Å². The van der Waals surface area contributed by atoms with E-state index >= 15 is 4.39 Å². The normalized spacial score (nSPS) is 13.1. The Bertz CT molecular complexity index is 1690. The SMILES string of the molecule is Cc1nc2ccc(CN(C)c3ccc(C(=O)N(C)[C@@](CCC(=O)O)(C(=O)O)C(=O)CC[C@H](N)C(=O)O)c(F)c3)cc2c(=O)[nH]1. The van der Waals surface area contributed by atoms with Crippen molar-refractivity contribution >= 4 is 46.2 Å². The number of benzene rings is 2. The van der Waals surface area contributed by atoms with Crippen LogP contribution in [0.1, 0.15) is 47.4 Å². The molecule has 1 heterocycles. The maximum absolute atomic E-state index is 15.4. The number of amides is 1. The highest BCUT2D eigenvalue weighted by Gasteiger charge is 2.51. The average molecular weight is 614 g/mol. The van der Waals surface area contributed by atoms with Gasteiger partial charge in [-0.1, -0.05) is 6.07 Å². The van der Waals surface area contributed by atoms with Crippen molar-refractivity contribution in [1.29, 1.82) is 0 Å². The minimum atomic E-state index is -2.74. The van der Waals surface area contributed by atoms with Crippen LogP contribution in [-0.4, -0.2) is 85.5 Å². The highest BCUT2D eigenvalue weighted by Crippen LogP contribution is 2.29. The lowest BCUT2D eigenvalue weighted by atomic mass is 9.83. The molecule has 0 aliphatic rings. The minimum absolute atomic E-state index is 0.236. The summed E-state index contributed by atoms with van der Waals surface area (Å²) < 4.78 is 15.4. The van der Waals surface area contributed by atoms with Crippen molar-refractivity contribution in [2.45, 2.75) is 50.7 Å². The van der Waals surface area contributed by atoms with Crippen molar-refractivity contribution < 1.29 is 43.7 Å². The van der Waals surface area contributed by atoms with Gasteiger partial charge in [-0.3, -0.25) is 24.0 Å². The Kier molecular flexibility index (Phi) is 10.2. The Labute approximate surface area is 249 Å². The number of aliphatic carboxylic acids is 3. The van der Waals surface area contributed by atoms with Gasteiger partial charge in [0.15, 0.2) is 11.3 Å². The summed E-state index contributed by atoms with van der Waals surface area (Å²) >= 11 is 0. The molecule has 0 bridgehead atoms. The third kappa shape index (κ3) is 7.06. The quantitative estimate of drug-likeness (QED) is 0.163. The number of ketones is 1. The summed E-state index contributed by atoms with van der Waals surface area (Å²) in [4.78, 5) is 82.8. The molecule has 6 N–H and O–H groups in total. The minimum Gasteiger partial charge on any atom is -0.481 e. The van der Waals surface area contributed by atoms with Gasteiger partial charge in [0.1, 0.15) is 17.7 Å². The van der Waals surface area contributed by atoms with E-state index in [1.54, 1.807) is 37.1 Å². The van der Waals surface area contributed by atoms with Crippen LogP contribution in [0.3, 0.4) is 0 Å². The van der Waals surface area contributed by atoms with E-state index in [2.05, 4.69) is 9.97 Å². The van der Waals surface area contributed by atoms with E-state index in [4.69, 9.17) is 10.8 Å². The number of carbonyl (C=O) groups is 5. The number of aromatic amines is 1. The molecule has 0 fully saturated rings. The van der Waals surface area contributed by atoms with Gasteiger partial charge < -0.3 is 35.8 Å². The number of nitrogens with one attached hydrogen (secondary N) is 1. The molecule has 0 saturated carbocycles. The van der Waals surface area contributed by atoms with Crippen LogP contribution in [-0.2, 0) is 25.7 Å². The van der Waals surface area contributed by atoms with Crippen LogP contribution in [0.25, 0.3) is 10.9 Å². The fourth-order valence-electron chi connectivity index (χ4n) is 4.80. The lowest BCUT2D eigenvalue weighted by Crippen LogP contribution is -2.61. The number of likely N-dealkylation sites (N-methyl/N-ethyl adjacent to an activating group) is 1. The van der Waals surface area contributed by atoms with E-state index in [0.29, 0.717) is 32.9 Å². The lowest BCUT2D eigenvalue weighted by molar-refractivity contribution is -0.156. The van der Waals surface area contributed by atoms with E-state index in [0.717, 1.165) is 19.2 Å². The Morgan fingerprint density at radius 1 is 1.05 bits per heavy atom. The molecule has 234 valence electrons. The largest absolute Gasteiger partial charge is 0.481 e. The van der Waals surface area contributed by atoms with Crippen LogP contribution in [0.15, 0.2) is 41.2 Å². The predicted octanol–water partition coefficient (Wildman–Crippen LogP) is 1.53. The molecule has 1 amide bonds. The highest BCUT2D eigenvalue weighted by atomic mass is 19.1. The zero-order valence-corrected chi connectivity index (χ0v) is 24.2. The second-order valence-electron chi connectivity index (χ2n) is 10.4. The van der Waals surface area contributed by atoms with Crippen LogP contribution >= 0.6 is 0 Å². The van der Waals surface area contributed by atoms with Crippen LogP contribution < -0.4 is 16.2 Å². The first kappa shape index (κ1) is 33.3. The fourth-order valence-corrected chi connectivity index (χ4v) is 4.80. The number of hydrogen-bond acceptors (Lipinski definition) is 9. The van der Waals surface area contributed by atoms with Crippen molar-refractivity contribution in [3.63, 3.8) is 0 Å². The molecule has 44 heavy (non-hydrogen) atoms. The van der Waals surface area contributed by atoms with Crippen molar-refractivity contribution in [2.75, 3.05) is 19.0 Å².